The Bertz CT molecular complexity index is 580. The number of aliphatic hydroxyl groups is 3. The van der Waals surface area contributed by atoms with Crippen LogP contribution in [0.2, 0.25) is 0 Å². The smallest absolute Gasteiger partial charge is 0.295 e. The molecule has 0 aromatic heterocycles. The summed E-state index contributed by atoms with van der Waals surface area (Å²) in [6, 6.07) is 0. The van der Waals surface area contributed by atoms with Gasteiger partial charge in [0.05, 0.1) is 12.9 Å². The summed E-state index contributed by atoms with van der Waals surface area (Å²) in [4.78, 5) is 24.6. The van der Waals surface area contributed by atoms with Gasteiger partial charge in [0.2, 0.25) is 5.96 Å². The number of aliphatic imine (C=N–C) groups is 3. The van der Waals surface area contributed by atoms with Crippen molar-refractivity contribution in [2.45, 2.75) is 29.0 Å². The van der Waals surface area contributed by atoms with E-state index in [0.717, 1.165) is 0 Å². The number of ether oxygens (including phenoxy) is 1. The molecule has 3 aliphatic heterocycles. The Balaban J connectivity index is 1.93. The molecule has 1 unspecified atom stereocenters. The standard InChI is InChI=1S/C10H12BrN5O5/c11-10-7(14-9(12)15-8(10)20)16(2-13-10)6-5(19)4(18)3(1-17)21-6/h2-6,17-19H,1H2,(H2,12,15,20)/t3-,4-,5-,6-,10?/m1/s1. The number of nitrogens with zero attached hydrogens (tertiary/aromatic N) is 4. The highest BCUT2D eigenvalue weighted by atomic mass is 79.9. The van der Waals surface area contributed by atoms with Crippen LogP contribution >= 0.6 is 15.9 Å². The molecule has 5 N–H and O–H groups in total. The third-order valence-electron chi connectivity index (χ3n) is 3.41. The molecule has 5 atom stereocenters. The van der Waals surface area contributed by atoms with Gasteiger partial charge in [-0.3, -0.25) is 9.69 Å². The molecule has 21 heavy (non-hydrogen) atoms. The second-order valence-corrected chi connectivity index (χ2v) is 5.86. The van der Waals surface area contributed by atoms with E-state index in [0.29, 0.717) is 0 Å². The molecule has 0 aromatic carbocycles. The van der Waals surface area contributed by atoms with E-state index in [1.165, 1.54) is 11.2 Å². The number of fused-ring (bicyclic) bond motifs is 1. The molecule has 0 bridgehead atoms. The average molecular weight is 362 g/mol. The number of guanidine groups is 1. The normalized spacial score (nSPS) is 42.1. The number of hydrogen-bond donors (Lipinski definition) is 4. The van der Waals surface area contributed by atoms with E-state index in [1.54, 1.807) is 0 Å². The minimum Gasteiger partial charge on any atom is -0.394 e. The number of carbonyl (C=O) groups excluding carboxylic acids is 1. The van der Waals surface area contributed by atoms with Gasteiger partial charge in [-0.1, -0.05) is 0 Å². The summed E-state index contributed by atoms with van der Waals surface area (Å²) in [5.41, 5.74) is 5.46. The van der Waals surface area contributed by atoms with Crippen LogP contribution in [-0.4, -0.2) is 79.9 Å². The van der Waals surface area contributed by atoms with E-state index in [1.807, 2.05) is 0 Å². The van der Waals surface area contributed by atoms with Crippen molar-refractivity contribution in [1.29, 1.82) is 0 Å². The number of rotatable bonds is 2. The molecule has 0 aliphatic carbocycles. The lowest BCUT2D eigenvalue weighted by atomic mass is 10.1. The summed E-state index contributed by atoms with van der Waals surface area (Å²) >= 11 is 3.14. The molecule has 114 valence electrons. The van der Waals surface area contributed by atoms with Crippen LogP contribution in [0.5, 0.6) is 0 Å². The fourth-order valence-electron chi connectivity index (χ4n) is 2.32. The highest BCUT2D eigenvalue weighted by Crippen LogP contribution is 2.35. The third kappa shape index (κ3) is 2.00. The van der Waals surface area contributed by atoms with E-state index in [2.05, 4.69) is 30.9 Å². The molecule has 10 nitrogen and oxygen atoms in total. The lowest BCUT2D eigenvalue weighted by Gasteiger charge is -2.29. The molecule has 0 spiro atoms. The van der Waals surface area contributed by atoms with Crippen LogP contribution in [0.3, 0.4) is 0 Å². The van der Waals surface area contributed by atoms with Crippen molar-refractivity contribution in [1.82, 2.24) is 4.90 Å². The topological polar surface area (TPSA) is 153 Å². The third-order valence-corrected chi connectivity index (χ3v) is 4.31. The Morgan fingerprint density at radius 1 is 1.43 bits per heavy atom. The summed E-state index contributed by atoms with van der Waals surface area (Å²) < 4.78 is 3.86. The van der Waals surface area contributed by atoms with E-state index in [-0.39, 0.29) is 11.8 Å². The number of carbonyl (C=O) groups is 1. The molecule has 0 radical (unpaired) electrons. The SMILES string of the molecule is NC1=NC(=O)C2(Br)N=CN([C@@H]3O[C@H](CO)[C@@H](O)[C@H]3O)C2=N1. The first kappa shape index (κ1) is 14.5. The van der Waals surface area contributed by atoms with E-state index >= 15 is 0 Å². The van der Waals surface area contributed by atoms with Crippen LogP contribution in [0.4, 0.5) is 0 Å². The summed E-state index contributed by atoms with van der Waals surface area (Å²) in [7, 11) is 0. The fourth-order valence-corrected chi connectivity index (χ4v) is 2.79. The van der Waals surface area contributed by atoms with Crippen LogP contribution in [-0.2, 0) is 9.53 Å². The summed E-state index contributed by atoms with van der Waals surface area (Å²) in [6.07, 6.45) is -3.36. The van der Waals surface area contributed by atoms with Crippen LogP contribution < -0.4 is 5.73 Å². The Morgan fingerprint density at radius 2 is 2.14 bits per heavy atom. The number of hydrogen-bond acceptors (Lipinski definition) is 9. The second kappa shape index (κ2) is 4.81. The van der Waals surface area contributed by atoms with Gasteiger partial charge in [-0.15, -0.1) is 0 Å². The molecular formula is C10H12BrN5O5. The maximum atomic E-state index is 11.9. The van der Waals surface area contributed by atoms with Gasteiger partial charge in [0, 0.05) is 0 Å². The first-order valence-electron chi connectivity index (χ1n) is 6.01. The average Bonchev–Trinajstić information content (AvgIpc) is 2.91. The van der Waals surface area contributed by atoms with Crippen LogP contribution in [0, 0.1) is 0 Å². The van der Waals surface area contributed by atoms with Crippen molar-refractivity contribution < 1.29 is 24.9 Å². The lowest BCUT2D eigenvalue weighted by Crippen LogP contribution is -2.52. The molecule has 3 heterocycles. The molecule has 3 rings (SSSR count). The number of amidine groups is 1. The van der Waals surface area contributed by atoms with Crippen molar-refractivity contribution in [3.8, 4) is 0 Å². The van der Waals surface area contributed by atoms with Gasteiger partial charge in [-0.05, 0) is 15.9 Å². The molecule has 0 aromatic rings. The van der Waals surface area contributed by atoms with Gasteiger partial charge in [-0.25, -0.2) is 4.99 Å². The Hall–Kier alpha value is -1.40. The van der Waals surface area contributed by atoms with Crippen molar-refractivity contribution in [3.63, 3.8) is 0 Å². The first-order valence-corrected chi connectivity index (χ1v) is 6.80. The Kier molecular flexibility index (Phi) is 3.33. The van der Waals surface area contributed by atoms with Gasteiger partial charge in [0.15, 0.2) is 12.1 Å². The lowest BCUT2D eigenvalue weighted by molar-refractivity contribution is -0.118. The van der Waals surface area contributed by atoms with Crippen molar-refractivity contribution in [2.75, 3.05) is 6.61 Å². The minimum absolute atomic E-state index is 0.0786. The number of alkyl halides is 1. The number of halogens is 1. The first-order chi connectivity index (χ1) is 9.88. The minimum atomic E-state index is -1.51. The second-order valence-electron chi connectivity index (χ2n) is 4.71. The molecule has 3 aliphatic rings. The van der Waals surface area contributed by atoms with E-state index in [4.69, 9.17) is 15.6 Å². The largest absolute Gasteiger partial charge is 0.394 e. The highest BCUT2D eigenvalue weighted by molar-refractivity contribution is 9.10. The Morgan fingerprint density at radius 3 is 2.76 bits per heavy atom. The summed E-state index contributed by atoms with van der Waals surface area (Å²) in [5, 5.41) is 28.9. The van der Waals surface area contributed by atoms with Gasteiger partial charge in [-0.2, -0.15) is 9.98 Å². The molecule has 1 fully saturated rings. The summed E-state index contributed by atoms with van der Waals surface area (Å²) in [6.45, 7) is -0.464. The van der Waals surface area contributed by atoms with Gasteiger partial charge in [0.1, 0.15) is 18.3 Å². The molecule has 11 heteroatoms. The van der Waals surface area contributed by atoms with E-state index < -0.39 is 41.5 Å². The summed E-state index contributed by atoms with van der Waals surface area (Å²) in [5.74, 6) is -0.822. The molecule has 1 saturated heterocycles. The number of aliphatic hydroxyl groups excluding tert-OH is 3. The zero-order valence-electron chi connectivity index (χ0n) is 10.5. The number of amides is 1. The Labute approximate surface area is 126 Å². The zero-order valence-corrected chi connectivity index (χ0v) is 12.1. The molecule has 1 amide bonds. The van der Waals surface area contributed by atoms with Crippen LogP contribution in [0.15, 0.2) is 15.0 Å². The highest BCUT2D eigenvalue weighted by Gasteiger charge is 2.55. The number of nitrogens with two attached hydrogens (primary N) is 1. The predicted octanol–water partition coefficient (Wildman–Crippen LogP) is -2.89. The van der Waals surface area contributed by atoms with Crippen molar-refractivity contribution >= 4 is 40.0 Å². The molecular weight excluding hydrogens is 350 g/mol. The van der Waals surface area contributed by atoms with Crippen molar-refractivity contribution in [2.24, 2.45) is 20.7 Å². The predicted molar refractivity (Wildman–Crippen MR) is 73.8 cm³/mol. The maximum absolute atomic E-state index is 11.9. The van der Waals surface area contributed by atoms with E-state index in [9.17, 15) is 15.0 Å². The van der Waals surface area contributed by atoms with Crippen LogP contribution in [0.25, 0.3) is 0 Å². The molecule has 0 saturated carbocycles. The zero-order chi connectivity index (χ0) is 15.4. The van der Waals surface area contributed by atoms with Crippen LogP contribution in [0.1, 0.15) is 0 Å². The fraction of sp³-hybridized carbons (Fsp3) is 0.600. The maximum Gasteiger partial charge on any atom is 0.295 e. The monoisotopic (exact) mass is 361 g/mol. The van der Waals surface area contributed by atoms with Gasteiger partial charge in [0.25, 0.3) is 10.4 Å². The van der Waals surface area contributed by atoms with Gasteiger partial charge >= 0.3 is 0 Å². The van der Waals surface area contributed by atoms with Crippen molar-refractivity contribution in [3.05, 3.63) is 0 Å². The quantitative estimate of drug-likeness (QED) is 0.304. The van der Waals surface area contributed by atoms with Gasteiger partial charge < -0.3 is 25.8 Å².